The number of rotatable bonds is 5. The minimum Gasteiger partial charge on any atom is -0.294 e. The van der Waals surface area contributed by atoms with Crippen LogP contribution in [0.15, 0.2) is 24.3 Å². The van der Waals surface area contributed by atoms with E-state index >= 15 is 0 Å². The molecule has 0 aliphatic rings. The van der Waals surface area contributed by atoms with Crippen molar-refractivity contribution in [1.82, 2.24) is 0 Å². The molecule has 0 amide bonds. The first-order valence-corrected chi connectivity index (χ1v) is 5.18. The Morgan fingerprint density at radius 2 is 2.00 bits per heavy atom. The van der Waals surface area contributed by atoms with E-state index in [1.165, 1.54) is 0 Å². The van der Waals surface area contributed by atoms with E-state index in [2.05, 4.69) is 18.4 Å². The largest absolute Gasteiger partial charge is 0.294 e. The molecule has 1 heteroatoms. The zero-order valence-corrected chi connectivity index (χ0v) is 10.2. The smallest absolute Gasteiger partial charge is 0.161 e. The Labute approximate surface area is 93.3 Å². The van der Waals surface area contributed by atoms with E-state index < -0.39 is 0 Å². The molecule has 15 heavy (non-hydrogen) atoms. The quantitative estimate of drug-likeness (QED) is 0.380. The van der Waals surface area contributed by atoms with E-state index in [1.54, 1.807) is 12.2 Å². The van der Waals surface area contributed by atoms with Gasteiger partial charge in [0.1, 0.15) is 0 Å². The summed E-state index contributed by atoms with van der Waals surface area (Å²) in [5, 5.41) is 0. The second kappa shape index (κ2) is 6.24. The lowest BCUT2D eigenvalue weighted by atomic mass is 9.83. The summed E-state index contributed by atoms with van der Waals surface area (Å²) in [5.41, 5.74) is 0.572. The molecule has 0 spiro atoms. The van der Waals surface area contributed by atoms with Crippen molar-refractivity contribution in [3.8, 4) is 11.8 Å². The summed E-state index contributed by atoms with van der Waals surface area (Å²) < 4.78 is 0. The second-order valence-corrected chi connectivity index (χ2v) is 4.35. The van der Waals surface area contributed by atoms with Crippen LogP contribution in [-0.4, -0.2) is 5.78 Å². The lowest BCUT2D eigenvalue weighted by molar-refractivity contribution is -0.122. The van der Waals surface area contributed by atoms with Crippen molar-refractivity contribution >= 4 is 5.78 Å². The number of carbonyl (C=O) groups is 1. The second-order valence-electron chi connectivity index (χ2n) is 4.35. The highest BCUT2D eigenvalue weighted by Gasteiger charge is 2.24. The van der Waals surface area contributed by atoms with Gasteiger partial charge in [0.2, 0.25) is 0 Å². The highest BCUT2D eigenvalue weighted by molar-refractivity contribution is 5.94. The molecule has 0 unspecified atom stereocenters. The molecule has 82 valence electrons. The summed E-state index contributed by atoms with van der Waals surface area (Å²) in [6.45, 7) is 11.3. The predicted molar refractivity (Wildman–Crippen MR) is 65.4 cm³/mol. The Kier molecular flexibility index (Phi) is 5.70. The molecule has 0 N–H and O–H groups in total. The monoisotopic (exact) mass is 204 g/mol. The molecular formula is C14H20O. The van der Waals surface area contributed by atoms with Crippen molar-refractivity contribution in [3.05, 3.63) is 24.3 Å². The molecule has 0 fully saturated rings. The lowest BCUT2D eigenvalue weighted by Gasteiger charge is -2.19. The summed E-state index contributed by atoms with van der Waals surface area (Å²) in [6.07, 6.45) is 4.95. The summed E-state index contributed by atoms with van der Waals surface area (Å²) in [4.78, 5) is 11.8. The average Bonchev–Trinajstić information content (AvgIpc) is 2.14. The van der Waals surface area contributed by atoms with Gasteiger partial charge in [-0.2, -0.15) is 0 Å². The third-order valence-corrected chi connectivity index (χ3v) is 2.24. The van der Waals surface area contributed by atoms with E-state index in [9.17, 15) is 4.79 Å². The normalized spacial score (nSPS) is 10.9. The fourth-order valence-corrected chi connectivity index (χ4v) is 1.07. The molecule has 0 aromatic heterocycles. The first kappa shape index (κ1) is 13.7. The molecule has 0 atom stereocenters. The molecule has 1 nitrogen and oxygen atoms in total. The Balaban J connectivity index is 4.35. The molecule has 0 aliphatic carbocycles. The van der Waals surface area contributed by atoms with E-state index in [4.69, 9.17) is 0 Å². The zero-order valence-electron chi connectivity index (χ0n) is 10.2. The Bertz CT molecular complexity index is 321. The van der Waals surface area contributed by atoms with Crippen LogP contribution in [-0.2, 0) is 4.79 Å². The Hall–Kier alpha value is -1.29. The van der Waals surface area contributed by atoms with Crippen LogP contribution < -0.4 is 0 Å². The molecule has 0 heterocycles. The summed E-state index contributed by atoms with van der Waals surface area (Å²) in [5.74, 6) is 5.96. The molecule has 0 aromatic carbocycles. The van der Waals surface area contributed by atoms with Crippen molar-refractivity contribution in [3.63, 3.8) is 0 Å². The maximum absolute atomic E-state index is 11.8. The van der Waals surface area contributed by atoms with Gasteiger partial charge in [-0.3, -0.25) is 4.79 Å². The van der Waals surface area contributed by atoms with E-state index in [0.717, 1.165) is 18.4 Å². The van der Waals surface area contributed by atoms with Crippen molar-refractivity contribution < 1.29 is 4.79 Å². The van der Waals surface area contributed by atoms with Gasteiger partial charge in [0.05, 0.1) is 0 Å². The van der Waals surface area contributed by atoms with Gasteiger partial charge in [0.15, 0.2) is 5.78 Å². The van der Waals surface area contributed by atoms with Gasteiger partial charge in [-0.25, -0.2) is 0 Å². The third-order valence-electron chi connectivity index (χ3n) is 2.24. The number of carbonyl (C=O) groups excluding carboxylic acids is 1. The molecule has 0 saturated carbocycles. The van der Waals surface area contributed by atoms with Gasteiger partial charge in [-0.05, 0) is 26.3 Å². The Morgan fingerprint density at radius 3 is 2.47 bits per heavy atom. The summed E-state index contributed by atoms with van der Waals surface area (Å²) in [7, 11) is 0. The van der Waals surface area contributed by atoms with E-state index in [1.807, 2.05) is 27.7 Å². The van der Waals surface area contributed by atoms with Gasteiger partial charge >= 0.3 is 0 Å². The van der Waals surface area contributed by atoms with Crippen molar-refractivity contribution in [2.24, 2.45) is 5.41 Å². The minimum atomic E-state index is -0.324. The van der Waals surface area contributed by atoms with Crippen LogP contribution in [0, 0.1) is 17.3 Å². The van der Waals surface area contributed by atoms with Gasteiger partial charge < -0.3 is 0 Å². The number of allylic oxidation sites excluding steroid dienone is 3. The van der Waals surface area contributed by atoms with Crippen molar-refractivity contribution in [2.45, 2.75) is 40.5 Å². The van der Waals surface area contributed by atoms with Gasteiger partial charge in [0.25, 0.3) is 0 Å². The maximum atomic E-state index is 11.8. The van der Waals surface area contributed by atoms with Crippen LogP contribution in [0.25, 0.3) is 0 Å². The summed E-state index contributed by atoms with van der Waals surface area (Å²) in [6, 6.07) is 0. The molecule has 0 bridgehead atoms. The van der Waals surface area contributed by atoms with Crippen LogP contribution in [0.3, 0.4) is 0 Å². The molecule has 0 rings (SSSR count). The standard InChI is InChI=1S/C14H20O/c1-6-7-8-11-14(4,5)13(15)10-9-12(2)3/h9-10H,2,8,11H2,1,3-5H3/b10-9+. The molecule has 0 saturated heterocycles. The van der Waals surface area contributed by atoms with Crippen LogP contribution in [0.5, 0.6) is 0 Å². The first-order chi connectivity index (χ1) is 6.90. The molecule has 0 radical (unpaired) electrons. The highest BCUT2D eigenvalue weighted by Crippen LogP contribution is 2.24. The highest BCUT2D eigenvalue weighted by atomic mass is 16.1. The van der Waals surface area contributed by atoms with Gasteiger partial charge in [-0.15, -0.1) is 11.8 Å². The summed E-state index contributed by atoms with van der Waals surface area (Å²) >= 11 is 0. The van der Waals surface area contributed by atoms with Crippen molar-refractivity contribution in [1.29, 1.82) is 0 Å². The molecular weight excluding hydrogens is 184 g/mol. The van der Waals surface area contributed by atoms with Crippen LogP contribution in [0.4, 0.5) is 0 Å². The van der Waals surface area contributed by atoms with Crippen LogP contribution in [0.2, 0.25) is 0 Å². The van der Waals surface area contributed by atoms with Gasteiger partial charge in [0, 0.05) is 11.8 Å². The number of hydrogen-bond donors (Lipinski definition) is 0. The van der Waals surface area contributed by atoms with Crippen LogP contribution >= 0.6 is 0 Å². The fourth-order valence-electron chi connectivity index (χ4n) is 1.07. The number of ketones is 1. The van der Waals surface area contributed by atoms with Crippen molar-refractivity contribution in [2.75, 3.05) is 0 Å². The van der Waals surface area contributed by atoms with E-state index in [-0.39, 0.29) is 11.2 Å². The number of hydrogen-bond acceptors (Lipinski definition) is 1. The minimum absolute atomic E-state index is 0.142. The van der Waals surface area contributed by atoms with E-state index in [0.29, 0.717) is 0 Å². The molecule has 0 aromatic rings. The maximum Gasteiger partial charge on any atom is 0.161 e. The SMILES string of the molecule is C=C(C)/C=C/C(=O)C(C)(C)CCC#CC. The zero-order chi connectivity index (χ0) is 11.9. The predicted octanol–water partition coefficient (Wildman–Crippen LogP) is 3.52. The Morgan fingerprint density at radius 1 is 1.40 bits per heavy atom. The first-order valence-electron chi connectivity index (χ1n) is 5.18. The lowest BCUT2D eigenvalue weighted by Crippen LogP contribution is -2.21. The molecule has 0 aliphatic heterocycles. The topological polar surface area (TPSA) is 17.1 Å². The average molecular weight is 204 g/mol. The van der Waals surface area contributed by atoms with Crippen LogP contribution in [0.1, 0.15) is 40.5 Å². The third kappa shape index (κ3) is 5.91. The fraction of sp³-hybridized carbons (Fsp3) is 0.500. The van der Waals surface area contributed by atoms with Gasteiger partial charge in [-0.1, -0.05) is 32.1 Å².